The number of aryl methyl sites for hydroxylation is 1. The zero-order chi connectivity index (χ0) is 9.80. The average molecular weight is 196 g/mol. The van der Waals surface area contributed by atoms with E-state index in [-0.39, 0.29) is 0 Å². The highest BCUT2D eigenvalue weighted by molar-refractivity contribution is 5.02. The maximum absolute atomic E-state index is 5.37. The predicted octanol–water partition coefficient (Wildman–Crippen LogP) is 1.25. The van der Waals surface area contributed by atoms with E-state index >= 15 is 0 Å². The molecule has 4 nitrogen and oxygen atoms in total. The summed E-state index contributed by atoms with van der Waals surface area (Å²) < 4.78 is 10.5. The van der Waals surface area contributed by atoms with Crippen LogP contribution >= 0.6 is 0 Å². The SMILES string of the molecule is Cc1cc(CNC2CCCOC2)on1. The van der Waals surface area contributed by atoms with Crippen LogP contribution in [0.4, 0.5) is 0 Å². The highest BCUT2D eigenvalue weighted by Gasteiger charge is 2.13. The molecule has 2 heterocycles. The second-order valence-corrected chi connectivity index (χ2v) is 3.73. The summed E-state index contributed by atoms with van der Waals surface area (Å²) in [6, 6.07) is 2.42. The molecule has 78 valence electrons. The first-order chi connectivity index (χ1) is 6.84. The lowest BCUT2D eigenvalue weighted by atomic mass is 10.1. The lowest BCUT2D eigenvalue weighted by molar-refractivity contribution is 0.0691. The lowest BCUT2D eigenvalue weighted by Crippen LogP contribution is -2.36. The van der Waals surface area contributed by atoms with Gasteiger partial charge in [0, 0.05) is 18.7 Å². The normalized spacial score (nSPS) is 22.5. The molecule has 0 bridgehead atoms. The first kappa shape index (κ1) is 9.68. The van der Waals surface area contributed by atoms with Crippen LogP contribution in [-0.2, 0) is 11.3 Å². The standard InChI is InChI=1S/C10H16N2O2/c1-8-5-10(14-12-8)6-11-9-3-2-4-13-7-9/h5,9,11H,2-4,6-7H2,1H3. The zero-order valence-corrected chi connectivity index (χ0v) is 8.45. The van der Waals surface area contributed by atoms with E-state index in [1.807, 2.05) is 13.0 Å². The Morgan fingerprint density at radius 3 is 3.21 bits per heavy atom. The molecule has 0 saturated carbocycles. The van der Waals surface area contributed by atoms with Crippen LogP contribution in [0.15, 0.2) is 10.6 Å². The lowest BCUT2D eigenvalue weighted by Gasteiger charge is -2.22. The van der Waals surface area contributed by atoms with Crippen molar-refractivity contribution in [2.75, 3.05) is 13.2 Å². The van der Waals surface area contributed by atoms with E-state index in [9.17, 15) is 0 Å². The first-order valence-corrected chi connectivity index (χ1v) is 5.08. The van der Waals surface area contributed by atoms with Gasteiger partial charge in [-0.05, 0) is 19.8 Å². The monoisotopic (exact) mass is 196 g/mol. The summed E-state index contributed by atoms with van der Waals surface area (Å²) in [6.07, 6.45) is 2.33. The van der Waals surface area contributed by atoms with Gasteiger partial charge in [-0.2, -0.15) is 0 Å². The number of hydrogen-bond donors (Lipinski definition) is 1. The van der Waals surface area contributed by atoms with Crippen molar-refractivity contribution in [3.63, 3.8) is 0 Å². The highest BCUT2D eigenvalue weighted by atomic mass is 16.5. The Balaban J connectivity index is 1.76. The number of aromatic nitrogens is 1. The molecule has 1 aliphatic rings. The van der Waals surface area contributed by atoms with Crippen molar-refractivity contribution in [3.05, 3.63) is 17.5 Å². The van der Waals surface area contributed by atoms with Gasteiger partial charge in [-0.1, -0.05) is 5.16 Å². The fraction of sp³-hybridized carbons (Fsp3) is 0.700. The van der Waals surface area contributed by atoms with Crippen LogP contribution in [0.5, 0.6) is 0 Å². The summed E-state index contributed by atoms with van der Waals surface area (Å²) in [6.45, 7) is 4.39. The number of nitrogens with zero attached hydrogens (tertiary/aromatic N) is 1. The van der Waals surface area contributed by atoms with Gasteiger partial charge in [0.05, 0.1) is 18.8 Å². The Morgan fingerprint density at radius 2 is 2.57 bits per heavy atom. The Labute approximate surface area is 83.6 Å². The van der Waals surface area contributed by atoms with Crippen molar-refractivity contribution >= 4 is 0 Å². The molecule has 0 radical (unpaired) electrons. The Morgan fingerprint density at radius 1 is 1.64 bits per heavy atom. The summed E-state index contributed by atoms with van der Waals surface area (Å²) in [7, 11) is 0. The number of hydrogen-bond acceptors (Lipinski definition) is 4. The predicted molar refractivity (Wildman–Crippen MR) is 51.9 cm³/mol. The maximum atomic E-state index is 5.37. The fourth-order valence-corrected chi connectivity index (χ4v) is 1.65. The maximum Gasteiger partial charge on any atom is 0.150 e. The zero-order valence-electron chi connectivity index (χ0n) is 8.45. The second kappa shape index (κ2) is 4.57. The molecule has 14 heavy (non-hydrogen) atoms. The fourth-order valence-electron chi connectivity index (χ4n) is 1.65. The van der Waals surface area contributed by atoms with Crippen LogP contribution in [0, 0.1) is 6.92 Å². The summed E-state index contributed by atoms with van der Waals surface area (Å²) in [5, 5.41) is 7.23. The van der Waals surface area contributed by atoms with Crippen molar-refractivity contribution in [3.8, 4) is 0 Å². The molecule has 2 rings (SSSR count). The molecular formula is C10H16N2O2. The van der Waals surface area contributed by atoms with Crippen LogP contribution in [0.1, 0.15) is 24.3 Å². The quantitative estimate of drug-likeness (QED) is 0.790. The Hall–Kier alpha value is -0.870. The summed E-state index contributed by atoms with van der Waals surface area (Å²) in [5.74, 6) is 0.896. The van der Waals surface area contributed by atoms with Gasteiger partial charge in [-0.3, -0.25) is 0 Å². The Kier molecular flexibility index (Phi) is 3.16. The third kappa shape index (κ3) is 2.56. The van der Waals surface area contributed by atoms with Gasteiger partial charge in [0.25, 0.3) is 0 Å². The highest BCUT2D eigenvalue weighted by Crippen LogP contribution is 2.07. The molecule has 1 unspecified atom stereocenters. The van der Waals surface area contributed by atoms with Crippen molar-refractivity contribution in [2.24, 2.45) is 0 Å². The van der Waals surface area contributed by atoms with Crippen molar-refractivity contribution in [2.45, 2.75) is 32.4 Å². The van der Waals surface area contributed by atoms with Gasteiger partial charge in [0.1, 0.15) is 0 Å². The van der Waals surface area contributed by atoms with E-state index in [4.69, 9.17) is 9.26 Å². The number of ether oxygens (including phenoxy) is 1. The molecule has 1 N–H and O–H groups in total. The molecule has 0 amide bonds. The molecule has 1 aliphatic heterocycles. The van der Waals surface area contributed by atoms with E-state index < -0.39 is 0 Å². The molecular weight excluding hydrogens is 180 g/mol. The van der Waals surface area contributed by atoms with E-state index in [2.05, 4.69) is 10.5 Å². The molecule has 4 heteroatoms. The largest absolute Gasteiger partial charge is 0.380 e. The number of nitrogens with one attached hydrogen (secondary N) is 1. The van der Waals surface area contributed by atoms with Gasteiger partial charge >= 0.3 is 0 Å². The molecule has 1 saturated heterocycles. The third-order valence-electron chi connectivity index (χ3n) is 2.40. The van der Waals surface area contributed by atoms with Crippen LogP contribution in [-0.4, -0.2) is 24.4 Å². The van der Waals surface area contributed by atoms with Crippen molar-refractivity contribution < 1.29 is 9.26 Å². The van der Waals surface area contributed by atoms with Gasteiger partial charge in [0.2, 0.25) is 0 Å². The van der Waals surface area contributed by atoms with E-state index in [1.54, 1.807) is 0 Å². The molecule has 1 atom stereocenters. The van der Waals surface area contributed by atoms with Gasteiger partial charge in [0.15, 0.2) is 5.76 Å². The van der Waals surface area contributed by atoms with Gasteiger partial charge in [-0.15, -0.1) is 0 Å². The number of rotatable bonds is 3. The molecule has 0 spiro atoms. The second-order valence-electron chi connectivity index (χ2n) is 3.73. The smallest absolute Gasteiger partial charge is 0.150 e. The average Bonchev–Trinajstić information content (AvgIpc) is 2.63. The minimum absolute atomic E-state index is 0.467. The van der Waals surface area contributed by atoms with Crippen LogP contribution < -0.4 is 5.32 Å². The van der Waals surface area contributed by atoms with E-state index in [0.717, 1.165) is 37.6 Å². The molecule has 0 aliphatic carbocycles. The van der Waals surface area contributed by atoms with E-state index in [1.165, 1.54) is 6.42 Å². The van der Waals surface area contributed by atoms with Gasteiger partial charge < -0.3 is 14.6 Å². The summed E-state index contributed by atoms with van der Waals surface area (Å²) in [5.41, 5.74) is 0.932. The first-order valence-electron chi connectivity index (χ1n) is 5.08. The third-order valence-corrected chi connectivity index (χ3v) is 2.40. The molecule has 1 aromatic rings. The van der Waals surface area contributed by atoms with Crippen LogP contribution in [0.25, 0.3) is 0 Å². The van der Waals surface area contributed by atoms with Gasteiger partial charge in [-0.25, -0.2) is 0 Å². The van der Waals surface area contributed by atoms with E-state index in [0.29, 0.717) is 6.04 Å². The Bertz CT molecular complexity index is 279. The minimum atomic E-state index is 0.467. The minimum Gasteiger partial charge on any atom is -0.380 e. The molecule has 0 aromatic carbocycles. The van der Waals surface area contributed by atoms with Crippen molar-refractivity contribution in [1.82, 2.24) is 10.5 Å². The summed E-state index contributed by atoms with van der Waals surface area (Å²) in [4.78, 5) is 0. The van der Waals surface area contributed by atoms with Crippen molar-refractivity contribution in [1.29, 1.82) is 0 Å². The topological polar surface area (TPSA) is 47.3 Å². The molecule has 1 aromatic heterocycles. The van der Waals surface area contributed by atoms with Crippen LogP contribution in [0.2, 0.25) is 0 Å². The molecule has 1 fully saturated rings. The van der Waals surface area contributed by atoms with Crippen LogP contribution in [0.3, 0.4) is 0 Å². The summed E-state index contributed by atoms with van der Waals surface area (Å²) >= 11 is 0.